The number of nitrogens with one attached hydrogen (secondary N) is 1. The van der Waals surface area contributed by atoms with Gasteiger partial charge in [0.1, 0.15) is 5.82 Å². The molecule has 2 aromatic rings. The number of nitrogen functional groups attached to an aromatic ring is 1. The van der Waals surface area contributed by atoms with Gasteiger partial charge in [-0.1, -0.05) is 25.5 Å². The van der Waals surface area contributed by atoms with Crippen LogP contribution in [0.25, 0.3) is 0 Å². The van der Waals surface area contributed by atoms with Crippen LogP contribution in [-0.2, 0) is 6.54 Å². The first-order valence-corrected chi connectivity index (χ1v) is 9.79. The van der Waals surface area contributed by atoms with Crippen molar-refractivity contribution in [2.45, 2.75) is 45.8 Å². The summed E-state index contributed by atoms with van der Waals surface area (Å²) in [5.74, 6) is 1.12. The molecule has 0 bridgehead atoms. The highest BCUT2D eigenvalue weighted by molar-refractivity contribution is 5.54. The van der Waals surface area contributed by atoms with E-state index in [2.05, 4.69) is 32.1 Å². The predicted molar refractivity (Wildman–Crippen MR) is 109 cm³/mol. The Morgan fingerprint density at radius 3 is 2.82 bits per heavy atom. The lowest BCUT2D eigenvalue weighted by Crippen LogP contribution is -2.52. The quantitative estimate of drug-likeness (QED) is 0.569. The molecule has 1 aromatic heterocycles. The van der Waals surface area contributed by atoms with Gasteiger partial charge in [0.2, 0.25) is 11.9 Å². The molecule has 1 aromatic carbocycles. The molecular formula is C20H30N6O2. The normalized spacial score (nSPS) is 22.9. The number of hydrogen-bond donors (Lipinski definition) is 4. The van der Waals surface area contributed by atoms with Crippen molar-refractivity contribution in [1.82, 2.24) is 19.9 Å². The number of piperidine rings is 1. The molecule has 0 saturated carbocycles. The molecule has 0 unspecified atom stereocenters. The number of aryl methyl sites for hydroxylation is 1. The standard InChI is InChI=1S/C20H30N6O2/c1-3-7-20(13-27)8-9-26(11-16(20)28)12-17-23-18(21)25-19(24-17)22-15-6-4-5-14(2)10-15/h4-6,10,16,27-28H,3,7-9,11-13H2,1-2H3,(H3,21,22,23,24,25)/t16-,20-/m1/s1. The van der Waals surface area contributed by atoms with E-state index < -0.39 is 11.5 Å². The fraction of sp³-hybridized carbons (Fsp3) is 0.550. The molecule has 152 valence electrons. The Hall–Kier alpha value is -2.29. The van der Waals surface area contributed by atoms with E-state index in [1.165, 1.54) is 0 Å². The second-order valence-electron chi connectivity index (χ2n) is 7.70. The summed E-state index contributed by atoms with van der Waals surface area (Å²) in [6.45, 7) is 5.83. The van der Waals surface area contributed by atoms with E-state index in [0.717, 1.165) is 37.1 Å². The van der Waals surface area contributed by atoms with Crippen molar-refractivity contribution in [2.75, 3.05) is 30.7 Å². The Morgan fingerprint density at radius 2 is 2.14 bits per heavy atom. The number of aliphatic hydroxyl groups is 2. The monoisotopic (exact) mass is 386 g/mol. The number of aromatic nitrogens is 3. The van der Waals surface area contributed by atoms with E-state index in [9.17, 15) is 10.2 Å². The maximum Gasteiger partial charge on any atom is 0.232 e. The Morgan fingerprint density at radius 1 is 1.32 bits per heavy atom. The number of nitrogens with two attached hydrogens (primary N) is 1. The molecular weight excluding hydrogens is 356 g/mol. The number of benzene rings is 1. The van der Waals surface area contributed by atoms with Gasteiger partial charge in [-0.3, -0.25) is 4.90 Å². The summed E-state index contributed by atoms with van der Waals surface area (Å²) in [5, 5.41) is 23.6. The van der Waals surface area contributed by atoms with Crippen molar-refractivity contribution in [1.29, 1.82) is 0 Å². The fourth-order valence-corrected chi connectivity index (χ4v) is 3.89. The molecule has 2 atom stereocenters. The number of aliphatic hydroxyl groups excluding tert-OH is 2. The van der Waals surface area contributed by atoms with E-state index in [1.807, 2.05) is 31.2 Å². The van der Waals surface area contributed by atoms with Crippen molar-refractivity contribution in [3.8, 4) is 0 Å². The molecule has 2 heterocycles. The Balaban J connectivity index is 1.69. The summed E-state index contributed by atoms with van der Waals surface area (Å²) in [5.41, 5.74) is 7.49. The van der Waals surface area contributed by atoms with Gasteiger partial charge in [0, 0.05) is 17.6 Å². The summed E-state index contributed by atoms with van der Waals surface area (Å²) in [4.78, 5) is 15.0. The SMILES string of the molecule is CCC[C@]1(CO)CCN(Cc2nc(N)nc(Nc3cccc(C)c3)n2)C[C@H]1O. The summed E-state index contributed by atoms with van der Waals surface area (Å²) in [6, 6.07) is 7.92. The zero-order valence-corrected chi connectivity index (χ0v) is 16.6. The topological polar surface area (TPSA) is 120 Å². The molecule has 1 aliphatic heterocycles. The van der Waals surface area contributed by atoms with Crippen LogP contribution in [0.4, 0.5) is 17.6 Å². The molecule has 8 heteroatoms. The minimum absolute atomic E-state index is 0.0130. The molecule has 0 amide bonds. The van der Waals surface area contributed by atoms with E-state index >= 15 is 0 Å². The molecule has 28 heavy (non-hydrogen) atoms. The van der Waals surface area contributed by atoms with Crippen molar-refractivity contribution < 1.29 is 10.2 Å². The van der Waals surface area contributed by atoms with E-state index in [0.29, 0.717) is 24.9 Å². The van der Waals surface area contributed by atoms with Gasteiger partial charge in [-0.05, 0) is 44.0 Å². The first kappa shape index (κ1) is 20.4. The maximum absolute atomic E-state index is 10.6. The minimum Gasteiger partial charge on any atom is -0.396 e. The van der Waals surface area contributed by atoms with Crippen molar-refractivity contribution >= 4 is 17.6 Å². The molecule has 8 nitrogen and oxygen atoms in total. The summed E-state index contributed by atoms with van der Waals surface area (Å²) in [6.07, 6.45) is 1.93. The van der Waals surface area contributed by atoms with Crippen LogP contribution in [0.15, 0.2) is 24.3 Å². The number of nitrogens with zero attached hydrogens (tertiary/aromatic N) is 4. The Kier molecular flexibility index (Phi) is 6.43. The van der Waals surface area contributed by atoms with E-state index in [1.54, 1.807) is 0 Å². The third-order valence-electron chi connectivity index (χ3n) is 5.46. The zero-order valence-electron chi connectivity index (χ0n) is 16.6. The predicted octanol–water partition coefficient (Wildman–Crippen LogP) is 1.85. The number of rotatable bonds is 7. The van der Waals surface area contributed by atoms with Crippen molar-refractivity contribution in [3.63, 3.8) is 0 Å². The third kappa shape index (κ3) is 4.76. The number of β-amino-alcohol motifs (C(OH)–C–C–N with tert-alkyl or cyclic N) is 1. The van der Waals surface area contributed by atoms with Gasteiger partial charge in [0.05, 0.1) is 19.3 Å². The van der Waals surface area contributed by atoms with Crippen LogP contribution in [0.2, 0.25) is 0 Å². The summed E-state index contributed by atoms with van der Waals surface area (Å²) < 4.78 is 0. The van der Waals surface area contributed by atoms with Crippen LogP contribution < -0.4 is 11.1 Å². The molecule has 0 radical (unpaired) electrons. The average molecular weight is 387 g/mol. The lowest BCUT2D eigenvalue weighted by molar-refractivity contribution is -0.0806. The van der Waals surface area contributed by atoms with Crippen LogP contribution in [0.1, 0.15) is 37.6 Å². The minimum atomic E-state index is -0.574. The van der Waals surface area contributed by atoms with Gasteiger partial charge in [-0.25, -0.2) is 0 Å². The molecule has 1 fully saturated rings. The largest absolute Gasteiger partial charge is 0.396 e. The summed E-state index contributed by atoms with van der Waals surface area (Å²) in [7, 11) is 0. The molecule has 3 rings (SSSR count). The molecule has 1 aliphatic rings. The highest BCUT2D eigenvalue weighted by Gasteiger charge is 2.41. The van der Waals surface area contributed by atoms with E-state index in [-0.39, 0.29) is 12.6 Å². The Labute approximate surface area is 165 Å². The number of hydrogen-bond acceptors (Lipinski definition) is 8. The second kappa shape index (κ2) is 8.81. The summed E-state index contributed by atoms with van der Waals surface area (Å²) >= 11 is 0. The first-order valence-electron chi connectivity index (χ1n) is 9.79. The highest BCUT2D eigenvalue weighted by atomic mass is 16.3. The first-order chi connectivity index (χ1) is 13.4. The average Bonchev–Trinajstić information content (AvgIpc) is 2.64. The second-order valence-corrected chi connectivity index (χ2v) is 7.70. The van der Waals surface area contributed by atoms with Crippen LogP contribution in [0, 0.1) is 12.3 Å². The van der Waals surface area contributed by atoms with Gasteiger partial charge in [0.25, 0.3) is 0 Å². The van der Waals surface area contributed by atoms with Crippen LogP contribution >= 0.6 is 0 Å². The number of anilines is 3. The van der Waals surface area contributed by atoms with Crippen molar-refractivity contribution in [3.05, 3.63) is 35.7 Å². The molecule has 0 spiro atoms. The van der Waals surface area contributed by atoms with Gasteiger partial charge in [0.15, 0.2) is 0 Å². The fourth-order valence-electron chi connectivity index (χ4n) is 3.89. The van der Waals surface area contributed by atoms with Crippen LogP contribution in [0.3, 0.4) is 0 Å². The van der Waals surface area contributed by atoms with Crippen molar-refractivity contribution in [2.24, 2.45) is 5.41 Å². The lowest BCUT2D eigenvalue weighted by atomic mass is 9.73. The van der Waals surface area contributed by atoms with Gasteiger partial charge < -0.3 is 21.3 Å². The van der Waals surface area contributed by atoms with Gasteiger partial charge >= 0.3 is 0 Å². The van der Waals surface area contributed by atoms with Gasteiger partial charge in [-0.15, -0.1) is 0 Å². The van der Waals surface area contributed by atoms with Crippen LogP contribution in [0.5, 0.6) is 0 Å². The van der Waals surface area contributed by atoms with Gasteiger partial charge in [-0.2, -0.15) is 15.0 Å². The number of likely N-dealkylation sites (tertiary alicyclic amines) is 1. The highest BCUT2D eigenvalue weighted by Crippen LogP contribution is 2.36. The lowest BCUT2D eigenvalue weighted by Gasteiger charge is -2.44. The molecule has 1 saturated heterocycles. The molecule has 5 N–H and O–H groups in total. The zero-order chi connectivity index (χ0) is 20.1. The van der Waals surface area contributed by atoms with E-state index in [4.69, 9.17) is 5.73 Å². The maximum atomic E-state index is 10.6. The third-order valence-corrected chi connectivity index (χ3v) is 5.46. The Bertz CT molecular complexity index is 802. The van der Waals surface area contributed by atoms with Crippen LogP contribution in [-0.4, -0.2) is 55.9 Å². The molecule has 0 aliphatic carbocycles. The smallest absolute Gasteiger partial charge is 0.232 e.